The molecule has 1 atom stereocenters. The number of carbonyl (C=O) groups is 1. The van der Waals surface area contributed by atoms with Crippen molar-refractivity contribution in [2.75, 3.05) is 13.7 Å². The molecule has 4 heteroatoms. The van der Waals surface area contributed by atoms with Crippen LogP contribution < -0.4 is 5.32 Å². The zero-order valence-corrected chi connectivity index (χ0v) is 9.06. The number of hydrogen-bond acceptors (Lipinski definition) is 4. The summed E-state index contributed by atoms with van der Waals surface area (Å²) in [7, 11) is 1.40. The number of aromatic nitrogens is 1. The molecule has 1 aromatic rings. The summed E-state index contributed by atoms with van der Waals surface area (Å²) in [5, 5.41) is 3.22. The average molecular weight is 208 g/mol. The van der Waals surface area contributed by atoms with E-state index in [2.05, 4.69) is 15.0 Å². The second kappa shape index (κ2) is 6.14. The average Bonchev–Trinajstić information content (AvgIpc) is 2.29. The van der Waals surface area contributed by atoms with E-state index in [9.17, 15) is 4.79 Å². The number of nitrogens with zero attached hydrogens (tertiary/aromatic N) is 1. The van der Waals surface area contributed by atoms with Crippen molar-refractivity contribution in [3.63, 3.8) is 0 Å². The fraction of sp³-hybridized carbons (Fsp3) is 0.455. The Hall–Kier alpha value is -1.42. The number of ether oxygens (including phenoxy) is 1. The molecule has 0 spiro atoms. The largest absolute Gasteiger partial charge is 0.469 e. The first kappa shape index (κ1) is 11.7. The van der Waals surface area contributed by atoms with E-state index < -0.39 is 0 Å². The molecule has 1 unspecified atom stereocenters. The number of nitrogens with one attached hydrogen (secondary N) is 1. The lowest BCUT2D eigenvalue weighted by Crippen LogP contribution is -2.24. The van der Waals surface area contributed by atoms with Gasteiger partial charge in [-0.15, -0.1) is 0 Å². The van der Waals surface area contributed by atoms with Gasteiger partial charge in [0.15, 0.2) is 0 Å². The number of rotatable bonds is 5. The molecule has 1 heterocycles. The highest BCUT2D eigenvalue weighted by molar-refractivity contribution is 5.70. The molecule has 0 saturated carbocycles. The first-order chi connectivity index (χ1) is 7.27. The minimum atomic E-state index is -0.218. The molecule has 0 amide bonds. The fourth-order valence-corrected chi connectivity index (χ4v) is 1.39. The molecular weight excluding hydrogens is 192 g/mol. The lowest BCUT2D eigenvalue weighted by Gasteiger charge is -2.16. The van der Waals surface area contributed by atoms with Crippen LogP contribution >= 0.6 is 0 Å². The molecular formula is C11H16N2O2. The van der Waals surface area contributed by atoms with Gasteiger partial charge in [-0.25, -0.2) is 0 Å². The van der Waals surface area contributed by atoms with Gasteiger partial charge >= 0.3 is 5.97 Å². The normalized spacial score (nSPS) is 12.1. The van der Waals surface area contributed by atoms with Crippen molar-refractivity contribution >= 4 is 5.97 Å². The molecule has 0 saturated heterocycles. The van der Waals surface area contributed by atoms with Crippen LogP contribution in [0.4, 0.5) is 0 Å². The Kier molecular flexibility index (Phi) is 4.77. The first-order valence-corrected chi connectivity index (χ1v) is 4.98. The van der Waals surface area contributed by atoms with Crippen LogP contribution in [0.15, 0.2) is 24.5 Å². The molecule has 0 aliphatic rings. The molecule has 0 fully saturated rings. The molecule has 82 valence electrons. The standard InChI is InChI=1S/C11H16N2O2/c1-3-13-10(7-11(14)15-2)9-5-4-6-12-8-9/h4-6,8,10,13H,3,7H2,1-2H3. The molecule has 1 rings (SSSR count). The van der Waals surface area contributed by atoms with Crippen LogP contribution in [0.5, 0.6) is 0 Å². The van der Waals surface area contributed by atoms with Crippen LogP contribution in [0.1, 0.15) is 24.9 Å². The summed E-state index contributed by atoms with van der Waals surface area (Å²) >= 11 is 0. The zero-order chi connectivity index (χ0) is 11.1. The molecule has 1 N–H and O–H groups in total. The maximum absolute atomic E-state index is 11.2. The van der Waals surface area contributed by atoms with Crippen molar-refractivity contribution in [3.8, 4) is 0 Å². The van der Waals surface area contributed by atoms with Gasteiger partial charge < -0.3 is 10.1 Å². The van der Waals surface area contributed by atoms with Crippen molar-refractivity contribution in [1.82, 2.24) is 10.3 Å². The molecule has 0 aromatic carbocycles. The summed E-state index contributed by atoms with van der Waals surface area (Å²) in [6.45, 7) is 2.80. The lowest BCUT2D eigenvalue weighted by molar-refractivity contribution is -0.141. The van der Waals surface area contributed by atoms with E-state index >= 15 is 0 Å². The van der Waals surface area contributed by atoms with Crippen molar-refractivity contribution < 1.29 is 9.53 Å². The number of hydrogen-bond donors (Lipinski definition) is 1. The van der Waals surface area contributed by atoms with E-state index in [1.165, 1.54) is 7.11 Å². The minimum absolute atomic E-state index is 0.0175. The Bertz CT molecular complexity index is 301. The number of carbonyl (C=O) groups excluding carboxylic acids is 1. The topological polar surface area (TPSA) is 51.2 Å². The van der Waals surface area contributed by atoms with Crippen LogP contribution in [0, 0.1) is 0 Å². The van der Waals surface area contributed by atoms with Gasteiger partial charge in [-0.1, -0.05) is 13.0 Å². The smallest absolute Gasteiger partial charge is 0.307 e. The van der Waals surface area contributed by atoms with Crippen LogP contribution in [-0.4, -0.2) is 24.6 Å². The summed E-state index contributed by atoms with van der Waals surface area (Å²) < 4.78 is 4.65. The molecule has 0 aliphatic carbocycles. The molecule has 1 aromatic heterocycles. The molecule has 4 nitrogen and oxygen atoms in total. The van der Waals surface area contributed by atoms with Crippen LogP contribution in [0.25, 0.3) is 0 Å². The van der Waals surface area contributed by atoms with Gasteiger partial charge in [-0.05, 0) is 18.2 Å². The highest BCUT2D eigenvalue weighted by Crippen LogP contribution is 2.15. The van der Waals surface area contributed by atoms with E-state index in [0.29, 0.717) is 6.42 Å². The van der Waals surface area contributed by atoms with Gasteiger partial charge in [-0.2, -0.15) is 0 Å². The zero-order valence-electron chi connectivity index (χ0n) is 9.06. The van der Waals surface area contributed by atoms with Gasteiger partial charge in [0.25, 0.3) is 0 Å². The minimum Gasteiger partial charge on any atom is -0.469 e. The predicted octanol–water partition coefficient (Wildman–Crippen LogP) is 1.30. The molecule has 15 heavy (non-hydrogen) atoms. The van der Waals surface area contributed by atoms with Crippen LogP contribution in [0.2, 0.25) is 0 Å². The van der Waals surface area contributed by atoms with Crippen LogP contribution in [-0.2, 0) is 9.53 Å². The van der Waals surface area contributed by atoms with Crippen molar-refractivity contribution in [1.29, 1.82) is 0 Å². The lowest BCUT2D eigenvalue weighted by atomic mass is 10.1. The van der Waals surface area contributed by atoms with Gasteiger partial charge in [-0.3, -0.25) is 9.78 Å². The van der Waals surface area contributed by atoms with E-state index in [-0.39, 0.29) is 12.0 Å². The SMILES string of the molecule is CCNC(CC(=O)OC)c1cccnc1. The third-order valence-electron chi connectivity index (χ3n) is 2.14. The van der Waals surface area contributed by atoms with Gasteiger partial charge in [0.1, 0.15) is 0 Å². The molecule has 0 bridgehead atoms. The predicted molar refractivity (Wildman–Crippen MR) is 57.3 cm³/mol. The number of pyridine rings is 1. The van der Waals surface area contributed by atoms with Crippen molar-refractivity contribution in [2.45, 2.75) is 19.4 Å². The Balaban J connectivity index is 2.70. The van der Waals surface area contributed by atoms with E-state index in [1.807, 2.05) is 19.1 Å². The maximum atomic E-state index is 11.2. The molecule has 0 aliphatic heterocycles. The molecule has 0 radical (unpaired) electrons. The second-order valence-corrected chi connectivity index (χ2v) is 3.18. The fourth-order valence-electron chi connectivity index (χ4n) is 1.39. The summed E-state index contributed by atoms with van der Waals surface area (Å²) in [5.74, 6) is -0.218. The third-order valence-corrected chi connectivity index (χ3v) is 2.14. The van der Waals surface area contributed by atoms with Gasteiger partial charge in [0.05, 0.1) is 13.5 Å². The number of methoxy groups -OCH3 is 1. The quantitative estimate of drug-likeness (QED) is 0.741. The van der Waals surface area contributed by atoms with E-state index in [0.717, 1.165) is 12.1 Å². The van der Waals surface area contributed by atoms with Gasteiger partial charge in [0.2, 0.25) is 0 Å². The summed E-state index contributed by atoms with van der Waals surface area (Å²) in [5.41, 5.74) is 1.00. The first-order valence-electron chi connectivity index (χ1n) is 4.98. The Morgan fingerprint density at radius 1 is 1.67 bits per heavy atom. The highest BCUT2D eigenvalue weighted by atomic mass is 16.5. The van der Waals surface area contributed by atoms with E-state index in [4.69, 9.17) is 0 Å². The maximum Gasteiger partial charge on any atom is 0.307 e. The third kappa shape index (κ3) is 3.67. The van der Waals surface area contributed by atoms with E-state index in [1.54, 1.807) is 12.4 Å². The summed E-state index contributed by atoms with van der Waals surface area (Å²) in [6.07, 6.45) is 3.80. The van der Waals surface area contributed by atoms with Gasteiger partial charge in [0, 0.05) is 18.4 Å². The Labute approximate surface area is 89.7 Å². The summed E-state index contributed by atoms with van der Waals surface area (Å²) in [4.78, 5) is 15.2. The number of esters is 1. The Morgan fingerprint density at radius 2 is 2.47 bits per heavy atom. The van der Waals surface area contributed by atoms with Crippen LogP contribution in [0.3, 0.4) is 0 Å². The Morgan fingerprint density at radius 3 is 3.00 bits per heavy atom. The second-order valence-electron chi connectivity index (χ2n) is 3.18. The van der Waals surface area contributed by atoms with Crippen molar-refractivity contribution in [3.05, 3.63) is 30.1 Å². The summed E-state index contributed by atoms with van der Waals surface area (Å²) in [6, 6.07) is 3.79. The van der Waals surface area contributed by atoms with Crippen molar-refractivity contribution in [2.24, 2.45) is 0 Å². The monoisotopic (exact) mass is 208 g/mol. The highest BCUT2D eigenvalue weighted by Gasteiger charge is 2.14.